The van der Waals surface area contributed by atoms with E-state index >= 15 is 0 Å². The highest BCUT2D eigenvalue weighted by Crippen LogP contribution is 2.21. The first-order valence-electron chi connectivity index (χ1n) is 5.26. The van der Waals surface area contributed by atoms with E-state index in [1.165, 1.54) is 4.88 Å². The molecule has 0 saturated carbocycles. The Bertz CT molecular complexity index is 715. The minimum atomic E-state index is 0.628. The predicted molar refractivity (Wildman–Crippen MR) is 67.3 cm³/mol. The van der Waals surface area contributed by atoms with Gasteiger partial charge in [-0.05, 0) is 17.5 Å². The maximum absolute atomic E-state index is 10.8. The molecule has 0 amide bonds. The third-order valence-electron chi connectivity index (χ3n) is 2.88. The van der Waals surface area contributed by atoms with E-state index in [4.69, 9.17) is 5.73 Å². The minimum Gasteiger partial charge on any atom is -0.398 e. The quantitative estimate of drug-likeness (QED) is 0.752. The number of carbonyl (C=O) groups is 1. The number of fused-ring (bicyclic) bond motifs is 2. The summed E-state index contributed by atoms with van der Waals surface area (Å²) in [6, 6.07) is 7.44. The topological polar surface area (TPSA) is 55.5 Å². The number of benzene rings is 1. The summed E-state index contributed by atoms with van der Waals surface area (Å²) in [5.41, 5.74) is 8.61. The maximum atomic E-state index is 10.8. The maximum Gasteiger partial charge on any atom is 0.150 e. The second-order valence-electron chi connectivity index (χ2n) is 3.88. The van der Waals surface area contributed by atoms with Crippen LogP contribution in [-0.2, 0) is 6.54 Å². The molecular formula is C13H10N2OS. The van der Waals surface area contributed by atoms with Crippen LogP contribution in [-0.4, -0.2) is 6.29 Å². The summed E-state index contributed by atoms with van der Waals surface area (Å²) in [6.45, 7) is 0.628. The van der Waals surface area contributed by atoms with E-state index in [0.29, 0.717) is 12.1 Å². The normalized spacial score (nSPS) is 13.3. The molecule has 0 bridgehead atoms. The lowest BCUT2D eigenvalue weighted by molar-refractivity contribution is 0.112. The third kappa shape index (κ3) is 1.57. The highest BCUT2D eigenvalue weighted by Gasteiger charge is 2.10. The molecule has 3 nitrogen and oxygen atoms in total. The molecule has 0 unspecified atom stereocenters. The van der Waals surface area contributed by atoms with Gasteiger partial charge in [0.25, 0.3) is 0 Å². The zero-order valence-electron chi connectivity index (χ0n) is 9.01. The summed E-state index contributed by atoms with van der Waals surface area (Å²) >= 11 is 1.66. The van der Waals surface area contributed by atoms with Gasteiger partial charge in [-0.3, -0.25) is 9.79 Å². The first-order chi connectivity index (χ1) is 8.29. The fourth-order valence-corrected chi connectivity index (χ4v) is 2.80. The fraction of sp³-hybridized carbons (Fsp3) is 0.0769. The van der Waals surface area contributed by atoms with Crippen LogP contribution in [0.1, 0.15) is 20.8 Å². The van der Waals surface area contributed by atoms with Crippen LogP contribution in [0.2, 0.25) is 0 Å². The van der Waals surface area contributed by atoms with Crippen molar-refractivity contribution in [3.63, 3.8) is 0 Å². The highest BCUT2D eigenvalue weighted by atomic mass is 32.1. The van der Waals surface area contributed by atoms with Crippen LogP contribution < -0.4 is 16.3 Å². The molecule has 1 aliphatic rings. The van der Waals surface area contributed by atoms with Crippen molar-refractivity contribution in [2.45, 2.75) is 6.54 Å². The number of nitrogens with zero attached hydrogens (tertiary/aromatic N) is 1. The molecule has 1 aromatic carbocycles. The summed E-state index contributed by atoms with van der Waals surface area (Å²) in [5, 5.41) is 3.74. The van der Waals surface area contributed by atoms with E-state index in [1.807, 2.05) is 17.5 Å². The first-order valence-corrected chi connectivity index (χ1v) is 6.14. The molecule has 2 heterocycles. The molecule has 2 N–H and O–H groups in total. The Morgan fingerprint density at radius 1 is 1.35 bits per heavy atom. The number of hydrogen-bond acceptors (Lipinski definition) is 4. The minimum absolute atomic E-state index is 0.628. The summed E-state index contributed by atoms with van der Waals surface area (Å²) in [4.78, 5) is 16.4. The number of rotatable bonds is 1. The first kappa shape index (κ1) is 10.2. The monoisotopic (exact) mass is 242 g/mol. The van der Waals surface area contributed by atoms with Crippen LogP contribution in [0.4, 0.5) is 0 Å². The van der Waals surface area contributed by atoms with Gasteiger partial charge in [0.1, 0.15) is 6.29 Å². The van der Waals surface area contributed by atoms with E-state index in [-0.39, 0.29) is 0 Å². The number of thiophene rings is 1. The van der Waals surface area contributed by atoms with Crippen LogP contribution in [0.5, 0.6) is 0 Å². The highest BCUT2D eigenvalue weighted by molar-refractivity contribution is 7.10. The van der Waals surface area contributed by atoms with E-state index in [0.717, 1.165) is 28.1 Å². The Hall–Kier alpha value is -1.94. The van der Waals surface area contributed by atoms with E-state index in [1.54, 1.807) is 23.5 Å². The van der Waals surface area contributed by atoms with Gasteiger partial charge in [0.2, 0.25) is 0 Å². The SMILES string of the molecule is NC1=c2ccc(C=O)cc2=NCc2sccc21. The van der Waals surface area contributed by atoms with Crippen LogP contribution in [0.15, 0.2) is 34.6 Å². The van der Waals surface area contributed by atoms with Gasteiger partial charge in [0, 0.05) is 26.9 Å². The van der Waals surface area contributed by atoms with Crippen LogP contribution >= 0.6 is 11.3 Å². The Morgan fingerprint density at radius 3 is 3.06 bits per heavy atom. The average molecular weight is 242 g/mol. The number of aldehydes is 1. The summed E-state index contributed by atoms with van der Waals surface area (Å²) in [7, 11) is 0. The van der Waals surface area contributed by atoms with Gasteiger partial charge in [-0.1, -0.05) is 12.1 Å². The molecule has 17 heavy (non-hydrogen) atoms. The molecule has 0 radical (unpaired) electrons. The lowest BCUT2D eigenvalue weighted by Gasteiger charge is -1.99. The second kappa shape index (κ2) is 3.82. The van der Waals surface area contributed by atoms with Gasteiger partial charge in [0.15, 0.2) is 0 Å². The number of hydrogen-bond donors (Lipinski definition) is 1. The number of carbonyl (C=O) groups excluding carboxylic acids is 1. The lowest BCUT2D eigenvalue weighted by atomic mass is 10.1. The second-order valence-corrected chi connectivity index (χ2v) is 4.88. The summed E-state index contributed by atoms with van der Waals surface area (Å²) < 4.78 is 0. The molecule has 1 aromatic heterocycles. The van der Waals surface area contributed by atoms with Crippen molar-refractivity contribution < 1.29 is 4.79 Å². The van der Waals surface area contributed by atoms with Crippen molar-refractivity contribution in [1.82, 2.24) is 0 Å². The molecular weight excluding hydrogens is 232 g/mol. The molecule has 0 saturated heterocycles. The standard InChI is InChI=1S/C13H10N2OS/c14-13-9-2-1-8(7-16)5-11(9)15-6-12-10(13)3-4-17-12/h1-5,7H,6,14H2. The molecule has 0 atom stereocenters. The van der Waals surface area contributed by atoms with Crippen molar-refractivity contribution in [2.75, 3.05) is 0 Å². The lowest BCUT2D eigenvalue weighted by Crippen LogP contribution is -2.29. The van der Waals surface area contributed by atoms with Crippen LogP contribution in [0.3, 0.4) is 0 Å². The Morgan fingerprint density at radius 2 is 2.24 bits per heavy atom. The molecule has 2 aromatic rings. The Balaban J connectivity index is 2.39. The van der Waals surface area contributed by atoms with Gasteiger partial charge < -0.3 is 5.73 Å². The fourth-order valence-electron chi connectivity index (χ4n) is 1.99. The van der Waals surface area contributed by atoms with Crippen molar-refractivity contribution >= 4 is 23.3 Å². The van der Waals surface area contributed by atoms with Crippen molar-refractivity contribution in [1.29, 1.82) is 0 Å². The molecule has 3 rings (SSSR count). The molecule has 0 fully saturated rings. The molecule has 4 heteroatoms. The van der Waals surface area contributed by atoms with Gasteiger partial charge in [0.05, 0.1) is 11.9 Å². The zero-order chi connectivity index (χ0) is 11.8. The van der Waals surface area contributed by atoms with Crippen molar-refractivity contribution in [2.24, 2.45) is 10.7 Å². The zero-order valence-corrected chi connectivity index (χ0v) is 9.83. The average Bonchev–Trinajstić information content (AvgIpc) is 2.79. The predicted octanol–water partition coefficient (Wildman–Crippen LogP) is 0.809. The van der Waals surface area contributed by atoms with E-state index in [2.05, 4.69) is 4.99 Å². The van der Waals surface area contributed by atoms with Gasteiger partial charge in [-0.15, -0.1) is 11.3 Å². The Labute approximate surface area is 102 Å². The molecule has 84 valence electrons. The summed E-state index contributed by atoms with van der Waals surface area (Å²) in [6.07, 6.45) is 0.826. The summed E-state index contributed by atoms with van der Waals surface area (Å²) in [5.74, 6) is 0. The van der Waals surface area contributed by atoms with Crippen LogP contribution in [0.25, 0.3) is 5.70 Å². The van der Waals surface area contributed by atoms with Crippen molar-refractivity contribution in [3.05, 3.63) is 56.2 Å². The number of nitrogens with two attached hydrogens (primary N) is 1. The smallest absolute Gasteiger partial charge is 0.150 e. The van der Waals surface area contributed by atoms with Crippen LogP contribution in [0, 0.1) is 0 Å². The largest absolute Gasteiger partial charge is 0.398 e. The Kier molecular flexibility index (Phi) is 2.30. The van der Waals surface area contributed by atoms with Gasteiger partial charge in [-0.2, -0.15) is 0 Å². The van der Waals surface area contributed by atoms with Gasteiger partial charge in [-0.25, -0.2) is 0 Å². The third-order valence-corrected chi connectivity index (χ3v) is 3.78. The van der Waals surface area contributed by atoms with E-state index in [9.17, 15) is 4.79 Å². The molecule has 1 aliphatic heterocycles. The van der Waals surface area contributed by atoms with Crippen molar-refractivity contribution in [3.8, 4) is 0 Å². The molecule has 0 aliphatic carbocycles. The molecule has 0 spiro atoms. The van der Waals surface area contributed by atoms with E-state index < -0.39 is 0 Å². The van der Waals surface area contributed by atoms with Gasteiger partial charge >= 0.3 is 0 Å².